The lowest BCUT2D eigenvalue weighted by Gasteiger charge is -2.59. The minimum atomic E-state index is -0.967. The Morgan fingerprint density at radius 1 is 1.10 bits per heavy atom. The summed E-state index contributed by atoms with van der Waals surface area (Å²) in [6.07, 6.45) is 10.3. The monoisotopic (exact) mass is 478 g/mol. The Labute approximate surface area is 188 Å². The number of hydrogen-bond acceptors (Lipinski definition) is 4. The fourth-order valence-electron chi connectivity index (χ4n) is 7.83. The molecule has 0 aromatic heterocycles. The zero-order chi connectivity index (χ0) is 21.7. The number of rotatable bonds is 5. The van der Waals surface area contributed by atoms with Crippen LogP contribution in [0.1, 0.15) is 85.0 Å². The summed E-state index contributed by atoms with van der Waals surface area (Å²) in [5, 5.41) is 0.760. The Bertz CT molecular complexity index is 788. The second kappa shape index (κ2) is 7.86. The van der Waals surface area contributed by atoms with Gasteiger partial charge in [0.2, 0.25) is 0 Å². The van der Waals surface area contributed by atoms with E-state index in [-0.39, 0.29) is 28.4 Å². The number of fused-ring (bicyclic) bond motifs is 5. The summed E-state index contributed by atoms with van der Waals surface area (Å²) < 4.78 is 6.10. The van der Waals surface area contributed by atoms with E-state index in [1.165, 1.54) is 5.57 Å². The molecule has 166 valence electrons. The average Bonchev–Trinajstić information content (AvgIpc) is 3.00. The predicted molar refractivity (Wildman–Crippen MR) is 119 cm³/mol. The average molecular weight is 479 g/mol. The Balaban J connectivity index is 1.63. The van der Waals surface area contributed by atoms with E-state index in [2.05, 4.69) is 29.8 Å². The van der Waals surface area contributed by atoms with Gasteiger partial charge in [0, 0.05) is 23.6 Å². The van der Waals surface area contributed by atoms with Crippen LogP contribution in [-0.4, -0.2) is 28.5 Å². The Morgan fingerprint density at radius 3 is 2.53 bits per heavy atom. The van der Waals surface area contributed by atoms with Crippen LogP contribution in [0, 0.1) is 28.6 Å². The van der Waals surface area contributed by atoms with E-state index >= 15 is 0 Å². The molecule has 0 radical (unpaired) electrons. The largest absolute Gasteiger partial charge is 0.450 e. The summed E-state index contributed by atoms with van der Waals surface area (Å²) in [6, 6.07) is 0. The molecule has 0 amide bonds. The van der Waals surface area contributed by atoms with Crippen molar-refractivity contribution < 1.29 is 19.1 Å². The molecule has 0 spiro atoms. The molecular formula is C25H35BrO4. The van der Waals surface area contributed by atoms with Gasteiger partial charge in [-0.15, -0.1) is 0 Å². The maximum absolute atomic E-state index is 13.0. The van der Waals surface area contributed by atoms with Crippen LogP contribution in [0.5, 0.6) is 0 Å². The summed E-state index contributed by atoms with van der Waals surface area (Å²) in [6.45, 7) is 6.21. The zero-order valence-corrected chi connectivity index (χ0v) is 20.2. The summed E-state index contributed by atoms with van der Waals surface area (Å²) in [5.74, 6) is 1.58. The highest BCUT2D eigenvalue weighted by Crippen LogP contribution is 2.68. The van der Waals surface area contributed by atoms with Crippen molar-refractivity contribution in [2.75, 3.05) is 5.33 Å². The van der Waals surface area contributed by atoms with Gasteiger partial charge in [-0.2, -0.15) is 0 Å². The quantitative estimate of drug-likeness (QED) is 0.383. The molecule has 0 bridgehead atoms. The minimum Gasteiger partial charge on any atom is -0.450 e. The Kier molecular flexibility index (Phi) is 5.83. The number of halogens is 1. The first-order valence-electron chi connectivity index (χ1n) is 11.7. The lowest BCUT2D eigenvalue weighted by atomic mass is 9.46. The minimum absolute atomic E-state index is 0.0176. The number of esters is 1. The summed E-state index contributed by atoms with van der Waals surface area (Å²) in [4.78, 5) is 37.6. The van der Waals surface area contributed by atoms with E-state index in [0.29, 0.717) is 37.0 Å². The van der Waals surface area contributed by atoms with Crippen molar-refractivity contribution >= 4 is 33.5 Å². The lowest BCUT2D eigenvalue weighted by Crippen LogP contribution is -2.58. The van der Waals surface area contributed by atoms with E-state index in [9.17, 15) is 14.4 Å². The molecule has 5 heteroatoms. The number of alkyl halides is 1. The SMILES string of the molecule is CC(=O)C1(OC(=O)CCCBr)CCC2C3CCC4=CC(=O)CCC4(C)C3CCC21C. The molecule has 0 N–H and O–H groups in total. The summed E-state index contributed by atoms with van der Waals surface area (Å²) in [5.41, 5.74) is 0.227. The van der Waals surface area contributed by atoms with Crippen molar-refractivity contribution in [3.05, 3.63) is 11.6 Å². The highest BCUT2D eigenvalue weighted by molar-refractivity contribution is 9.09. The number of carbonyl (C=O) groups excluding carboxylic acids is 3. The number of hydrogen-bond donors (Lipinski definition) is 0. The Morgan fingerprint density at radius 2 is 1.83 bits per heavy atom. The first kappa shape index (κ1) is 22.2. The lowest BCUT2D eigenvalue weighted by molar-refractivity contribution is -0.189. The molecule has 3 fully saturated rings. The smallest absolute Gasteiger partial charge is 0.306 e. The normalized spacial score (nSPS) is 42.6. The maximum atomic E-state index is 13.0. The van der Waals surface area contributed by atoms with Crippen LogP contribution in [0.25, 0.3) is 0 Å². The fourth-order valence-corrected chi connectivity index (χ4v) is 8.11. The van der Waals surface area contributed by atoms with E-state index in [1.54, 1.807) is 6.92 Å². The molecule has 6 atom stereocenters. The molecule has 0 aromatic carbocycles. The standard InChI is InChI=1S/C25H35BrO4/c1-16(27)25(30-22(29)5-4-14-26)13-10-21-19-7-6-17-15-18(28)8-11-23(17,2)20(19)9-12-24(21,25)3/h15,19-21H,4-14H2,1-3H3. The number of allylic oxidation sites excluding steroid dienone is 1. The second-order valence-corrected chi connectivity index (χ2v) is 11.4. The van der Waals surface area contributed by atoms with E-state index in [1.807, 2.05) is 6.08 Å². The van der Waals surface area contributed by atoms with Gasteiger partial charge in [0.25, 0.3) is 0 Å². The third kappa shape index (κ3) is 3.17. The van der Waals surface area contributed by atoms with Gasteiger partial charge in [-0.3, -0.25) is 14.4 Å². The Hall–Kier alpha value is -0.970. The zero-order valence-electron chi connectivity index (χ0n) is 18.6. The van der Waals surface area contributed by atoms with Gasteiger partial charge >= 0.3 is 5.97 Å². The van der Waals surface area contributed by atoms with E-state index < -0.39 is 5.60 Å². The van der Waals surface area contributed by atoms with Crippen LogP contribution in [0.2, 0.25) is 0 Å². The molecule has 4 rings (SSSR count). The maximum Gasteiger partial charge on any atom is 0.306 e. The topological polar surface area (TPSA) is 60.4 Å². The van der Waals surface area contributed by atoms with Crippen LogP contribution in [0.3, 0.4) is 0 Å². The molecule has 0 heterocycles. The van der Waals surface area contributed by atoms with Crippen molar-refractivity contribution in [1.82, 2.24) is 0 Å². The molecule has 4 aliphatic rings. The van der Waals surface area contributed by atoms with Gasteiger partial charge in [-0.05, 0) is 87.5 Å². The molecule has 4 aliphatic carbocycles. The van der Waals surface area contributed by atoms with Crippen molar-refractivity contribution in [2.24, 2.45) is 28.6 Å². The molecule has 0 aliphatic heterocycles. The second-order valence-electron chi connectivity index (χ2n) is 10.6. The van der Waals surface area contributed by atoms with Gasteiger partial charge in [-0.25, -0.2) is 0 Å². The number of carbonyl (C=O) groups is 3. The van der Waals surface area contributed by atoms with Crippen molar-refractivity contribution in [3.63, 3.8) is 0 Å². The fraction of sp³-hybridized carbons (Fsp3) is 0.800. The van der Waals surface area contributed by atoms with Crippen LogP contribution < -0.4 is 0 Å². The molecule has 6 unspecified atom stereocenters. The summed E-state index contributed by atoms with van der Waals surface area (Å²) >= 11 is 3.37. The third-order valence-electron chi connectivity index (χ3n) is 9.45. The predicted octanol–water partition coefficient (Wildman–Crippen LogP) is 5.56. The number of Topliss-reactive ketones (excluding diaryl/α,β-unsaturated/α-hetero) is 1. The first-order chi connectivity index (χ1) is 14.2. The number of ketones is 2. The van der Waals surface area contributed by atoms with Crippen LogP contribution in [-0.2, 0) is 19.1 Å². The van der Waals surface area contributed by atoms with Crippen molar-refractivity contribution in [3.8, 4) is 0 Å². The van der Waals surface area contributed by atoms with Gasteiger partial charge in [-0.1, -0.05) is 35.4 Å². The molecule has 30 heavy (non-hydrogen) atoms. The molecule has 0 saturated heterocycles. The highest BCUT2D eigenvalue weighted by Gasteiger charge is 2.67. The first-order valence-corrected chi connectivity index (χ1v) is 12.8. The van der Waals surface area contributed by atoms with Gasteiger partial charge in [0.05, 0.1) is 0 Å². The van der Waals surface area contributed by atoms with Crippen molar-refractivity contribution in [1.29, 1.82) is 0 Å². The molecule has 0 aromatic rings. The van der Waals surface area contributed by atoms with Crippen LogP contribution in [0.15, 0.2) is 11.6 Å². The van der Waals surface area contributed by atoms with Gasteiger partial charge in [0.15, 0.2) is 17.2 Å². The number of ether oxygens (including phenoxy) is 1. The van der Waals surface area contributed by atoms with E-state index in [0.717, 1.165) is 50.3 Å². The third-order valence-corrected chi connectivity index (χ3v) is 10.0. The molecule has 4 nitrogen and oxygen atoms in total. The highest BCUT2D eigenvalue weighted by atomic mass is 79.9. The van der Waals surface area contributed by atoms with Crippen LogP contribution >= 0.6 is 15.9 Å². The molecular weight excluding hydrogens is 444 g/mol. The van der Waals surface area contributed by atoms with Gasteiger partial charge in [0.1, 0.15) is 0 Å². The van der Waals surface area contributed by atoms with E-state index in [4.69, 9.17) is 4.74 Å². The van der Waals surface area contributed by atoms with Crippen molar-refractivity contribution in [2.45, 2.75) is 90.6 Å². The van der Waals surface area contributed by atoms with Crippen LogP contribution in [0.4, 0.5) is 0 Å². The summed E-state index contributed by atoms with van der Waals surface area (Å²) in [7, 11) is 0. The van der Waals surface area contributed by atoms with Gasteiger partial charge < -0.3 is 4.74 Å². The molecule has 3 saturated carbocycles.